The number of piperidine rings is 1. The number of sulfone groups is 1. The summed E-state index contributed by atoms with van der Waals surface area (Å²) in [5, 5.41) is 4.43. The summed E-state index contributed by atoms with van der Waals surface area (Å²) in [5.41, 5.74) is 4.09. The number of nitrogens with zero attached hydrogens (tertiary/aromatic N) is 4. The van der Waals surface area contributed by atoms with E-state index >= 15 is 0 Å². The highest BCUT2D eigenvalue weighted by atomic mass is 32.2. The highest BCUT2D eigenvalue weighted by Crippen LogP contribution is 2.21. The average molecular weight is 336 g/mol. The Morgan fingerprint density at radius 3 is 2.87 bits per heavy atom. The zero-order valence-electron chi connectivity index (χ0n) is 14.0. The van der Waals surface area contributed by atoms with Gasteiger partial charge in [0, 0.05) is 36.3 Å². The van der Waals surface area contributed by atoms with Gasteiger partial charge in [-0.1, -0.05) is 0 Å². The zero-order valence-corrected chi connectivity index (χ0v) is 14.8. The summed E-state index contributed by atoms with van der Waals surface area (Å²) >= 11 is 0. The summed E-state index contributed by atoms with van der Waals surface area (Å²) in [7, 11) is -2.91. The monoisotopic (exact) mass is 336 g/mol. The largest absolute Gasteiger partial charge is 0.299 e. The third-order valence-corrected chi connectivity index (χ3v) is 5.46. The molecule has 0 amide bonds. The minimum atomic E-state index is -2.91. The summed E-state index contributed by atoms with van der Waals surface area (Å²) in [6.45, 7) is 6.63. The second-order valence-corrected chi connectivity index (χ2v) is 8.96. The molecular formula is C16H24N4O2S. The summed E-state index contributed by atoms with van der Waals surface area (Å²) < 4.78 is 24.9. The van der Waals surface area contributed by atoms with Crippen molar-refractivity contribution in [3.05, 3.63) is 29.2 Å². The minimum absolute atomic E-state index is 0.233. The van der Waals surface area contributed by atoms with Crippen molar-refractivity contribution in [3.8, 4) is 0 Å². The number of aromatic nitrogens is 3. The fourth-order valence-corrected chi connectivity index (χ4v) is 4.66. The lowest BCUT2D eigenvalue weighted by molar-refractivity contribution is 0.178. The smallest absolute Gasteiger partial charge is 0.159 e. The van der Waals surface area contributed by atoms with Crippen molar-refractivity contribution in [2.75, 3.05) is 25.1 Å². The lowest BCUT2D eigenvalue weighted by Gasteiger charge is -2.32. The van der Waals surface area contributed by atoms with Gasteiger partial charge in [-0.25, -0.2) is 17.9 Å². The molecule has 1 atom stereocenters. The molecule has 2 aromatic rings. The van der Waals surface area contributed by atoms with Gasteiger partial charge in [0.1, 0.15) is 9.84 Å². The Balaban J connectivity index is 1.77. The Bertz CT molecular complexity index is 813. The number of hydrogen-bond acceptors (Lipinski definition) is 5. The topological polar surface area (TPSA) is 67.6 Å². The third-order valence-electron chi connectivity index (χ3n) is 4.39. The van der Waals surface area contributed by atoms with Gasteiger partial charge in [0.25, 0.3) is 0 Å². The van der Waals surface area contributed by atoms with Crippen LogP contribution in [0, 0.1) is 19.8 Å². The summed E-state index contributed by atoms with van der Waals surface area (Å²) in [6, 6.07) is 2.02. The lowest BCUT2D eigenvalue weighted by Crippen LogP contribution is -2.37. The molecule has 0 spiro atoms. The molecule has 23 heavy (non-hydrogen) atoms. The molecule has 2 aromatic heterocycles. The molecule has 1 fully saturated rings. The maximum absolute atomic E-state index is 11.5. The van der Waals surface area contributed by atoms with Crippen LogP contribution in [0.2, 0.25) is 0 Å². The zero-order chi connectivity index (χ0) is 16.6. The fraction of sp³-hybridized carbons (Fsp3) is 0.625. The van der Waals surface area contributed by atoms with E-state index < -0.39 is 9.84 Å². The van der Waals surface area contributed by atoms with Gasteiger partial charge in [-0.05, 0) is 45.2 Å². The van der Waals surface area contributed by atoms with E-state index in [0.29, 0.717) is 0 Å². The first-order chi connectivity index (χ1) is 10.8. The molecule has 0 N–H and O–H groups in total. The van der Waals surface area contributed by atoms with Crippen molar-refractivity contribution < 1.29 is 8.42 Å². The first kappa shape index (κ1) is 16.4. The molecule has 0 radical (unpaired) electrons. The van der Waals surface area contributed by atoms with Crippen molar-refractivity contribution in [1.29, 1.82) is 0 Å². The summed E-state index contributed by atoms with van der Waals surface area (Å²) in [5.74, 6) is 0.520. The molecule has 0 aliphatic carbocycles. The summed E-state index contributed by atoms with van der Waals surface area (Å²) in [4.78, 5) is 6.95. The first-order valence-corrected chi connectivity index (χ1v) is 10.1. The molecule has 3 rings (SSSR count). The molecule has 7 heteroatoms. The Morgan fingerprint density at radius 1 is 1.35 bits per heavy atom. The highest BCUT2D eigenvalue weighted by Gasteiger charge is 2.24. The van der Waals surface area contributed by atoms with Gasteiger partial charge in [-0.3, -0.25) is 4.90 Å². The van der Waals surface area contributed by atoms with Gasteiger partial charge in [0.15, 0.2) is 5.65 Å². The molecule has 126 valence electrons. The predicted octanol–water partition coefficient (Wildman–Crippen LogP) is 1.60. The predicted molar refractivity (Wildman–Crippen MR) is 90.2 cm³/mol. The van der Waals surface area contributed by atoms with E-state index in [4.69, 9.17) is 0 Å². The summed E-state index contributed by atoms with van der Waals surface area (Å²) in [6.07, 6.45) is 5.25. The number of hydrogen-bond donors (Lipinski definition) is 0. The van der Waals surface area contributed by atoms with Crippen LogP contribution in [-0.2, 0) is 16.4 Å². The van der Waals surface area contributed by atoms with Crippen LogP contribution in [0.15, 0.2) is 12.3 Å². The molecule has 6 nitrogen and oxygen atoms in total. The van der Waals surface area contributed by atoms with Gasteiger partial charge in [-0.15, -0.1) is 0 Å². The second kappa shape index (κ2) is 6.20. The van der Waals surface area contributed by atoms with E-state index in [1.54, 1.807) is 0 Å². The van der Waals surface area contributed by atoms with Crippen LogP contribution >= 0.6 is 0 Å². The van der Waals surface area contributed by atoms with Crippen LogP contribution in [0.4, 0.5) is 0 Å². The van der Waals surface area contributed by atoms with E-state index in [0.717, 1.165) is 55.1 Å². The van der Waals surface area contributed by atoms with Crippen LogP contribution in [0.25, 0.3) is 5.65 Å². The van der Waals surface area contributed by atoms with Gasteiger partial charge in [0.05, 0.1) is 11.9 Å². The van der Waals surface area contributed by atoms with Crippen molar-refractivity contribution in [1.82, 2.24) is 19.5 Å². The highest BCUT2D eigenvalue weighted by molar-refractivity contribution is 7.90. The van der Waals surface area contributed by atoms with Gasteiger partial charge < -0.3 is 0 Å². The van der Waals surface area contributed by atoms with Gasteiger partial charge in [-0.2, -0.15) is 5.10 Å². The molecule has 1 aliphatic rings. The Hall–Kier alpha value is -1.47. The van der Waals surface area contributed by atoms with Crippen molar-refractivity contribution in [2.24, 2.45) is 5.92 Å². The molecule has 1 aliphatic heterocycles. The SMILES string of the molecule is Cc1cc(C)n2ncc(CN3CCC[C@H](CS(C)(=O)=O)C3)c2n1. The van der Waals surface area contributed by atoms with E-state index in [1.165, 1.54) is 6.26 Å². The van der Waals surface area contributed by atoms with E-state index in [-0.39, 0.29) is 11.7 Å². The first-order valence-electron chi connectivity index (χ1n) is 8.03. The van der Waals surface area contributed by atoms with E-state index in [1.807, 2.05) is 30.6 Å². The maximum Gasteiger partial charge on any atom is 0.159 e. The second-order valence-electron chi connectivity index (χ2n) is 6.78. The quantitative estimate of drug-likeness (QED) is 0.848. The Kier molecular flexibility index (Phi) is 4.42. The van der Waals surface area contributed by atoms with Crippen molar-refractivity contribution in [2.45, 2.75) is 33.2 Å². The third kappa shape index (κ3) is 3.90. The molecule has 1 saturated heterocycles. The van der Waals surface area contributed by atoms with E-state index in [9.17, 15) is 8.42 Å². The molecule has 0 unspecified atom stereocenters. The fourth-order valence-electron chi connectivity index (χ4n) is 3.53. The van der Waals surface area contributed by atoms with Crippen LogP contribution in [0.1, 0.15) is 29.8 Å². The van der Waals surface area contributed by atoms with E-state index in [2.05, 4.69) is 15.0 Å². The molecule has 0 saturated carbocycles. The standard InChI is InChI=1S/C16H24N4O2S/c1-12-7-13(2)20-16(18-12)15(8-17-20)10-19-6-4-5-14(9-19)11-23(3,21)22/h7-8,14H,4-6,9-11H2,1-3H3/t14-/m0/s1. The Labute approximate surface area is 137 Å². The number of fused-ring (bicyclic) bond motifs is 1. The lowest BCUT2D eigenvalue weighted by atomic mass is 10.00. The average Bonchev–Trinajstić information content (AvgIpc) is 2.80. The van der Waals surface area contributed by atoms with Gasteiger partial charge >= 0.3 is 0 Å². The van der Waals surface area contributed by atoms with Crippen molar-refractivity contribution >= 4 is 15.5 Å². The molecule has 0 aromatic carbocycles. The van der Waals surface area contributed by atoms with Crippen molar-refractivity contribution in [3.63, 3.8) is 0 Å². The molecule has 3 heterocycles. The maximum atomic E-state index is 11.5. The van der Waals surface area contributed by atoms with Crippen LogP contribution < -0.4 is 0 Å². The van der Waals surface area contributed by atoms with Crippen LogP contribution in [0.3, 0.4) is 0 Å². The van der Waals surface area contributed by atoms with Crippen LogP contribution in [-0.4, -0.2) is 53.0 Å². The molecular weight excluding hydrogens is 312 g/mol. The van der Waals surface area contributed by atoms with Crippen LogP contribution in [0.5, 0.6) is 0 Å². The number of rotatable bonds is 4. The minimum Gasteiger partial charge on any atom is -0.299 e. The number of aryl methyl sites for hydroxylation is 2. The number of likely N-dealkylation sites (tertiary alicyclic amines) is 1. The molecule has 0 bridgehead atoms. The normalized spacial score (nSPS) is 20.2. The van der Waals surface area contributed by atoms with Gasteiger partial charge in [0.2, 0.25) is 0 Å². The Morgan fingerprint density at radius 2 is 2.13 bits per heavy atom.